The average molecular weight is 192 g/mol. The maximum absolute atomic E-state index is 4.69. The van der Waals surface area contributed by atoms with Gasteiger partial charge in [0.15, 0.2) is 0 Å². The summed E-state index contributed by atoms with van der Waals surface area (Å²) in [4.78, 5) is 0. The summed E-state index contributed by atoms with van der Waals surface area (Å²) >= 11 is 0. The molecule has 0 amide bonds. The molecule has 2 rings (SSSR count). The number of nitrogens with zero attached hydrogens (tertiary/aromatic N) is 2. The lowest BCUT2D eigenvalue weighted by Crippen LogP contribution is -2.15. The topological polar surface area (TPSA) is 17.8 Å². The van der Waals surface area contributed by atoms with Gasteiger partial charge in [0, 0.05) is 17.7 Å². The van der Waals surface area contributed by atoms with Crippen LogP contribution in [0.5, 0.6) is 0 Å². The fourth-order valence-corrected chi connectivity index (χ4v) is 2.07. The first kappa shape index (κ1) is 9.75. The van der Waals surface area contributed by atoms with Crippen LogP contribution >= 0.6 is 0 Å². The number of fused-ring (bicyclic) bond motifs is 1. The van der Waals surface area contributed by atoms with E-state index in [0.717, 1.165) is 6.54 Å². The molecular formula is C12H20N2. The Kier molecular flexibility index (Phi) is 2.17. The van der Waals surface area contributed by atoms with Gasteiger partial charge in [0.1, 0.15) is 0 Å². The molecule has 0 aliphatic carbocycles. The second kappa shape index (κ2) is 3.11. The van der Waals surface area contributed by atoms with Crippen LogP contribution in [-0.2, 0) is 12.0 Å². The van der Waals surface area contributed by atoms with Crippen LogP contribution < -0.4 is 0 Å². The minimum atomic E-state index is 0.185. The summed E-state index contributed by atoms with van der Waals surface area (Å²) in [5.74, 6) is 0.687. The Morgan fingerprint density at radius 2 is 2.14 bits per heavy atom. The lowest BCUT2D eigenvalue weighted by molar-refractivity contribution is 0.432. The number of hydrogen-bond acceptors (Lipinski definition) is 1. The molecule has 0 saturated heterocycles. The van der Waals surface area contributed by atoms with Crippen molar-refractivity contribution in [1.82, 2.24) is 9.78 Å². The fraction of sp³-hybridized carbons (Fsp3) is 0.750. The maximum atomic E-state index is 4.69. The molecule has 0 radical (unpaired) electrons. The Morgan fingerprint density at radius 1 is 1.43 bits per heavy atom. The van der Waals surface area contributed by atoms with E-state index in [2.05, 4.69) is 43.5 Å². The quantitative estimate of drug-likeness (QED) is 0.617. The third kappa shape index (κ3) is 1.58. The van der Waals surface area contributed by atoms with Crippen molar-refractivity contribution in [3.63, 3.8) is 0 Å². The van der Waals surface area contributed by atoms with Gasteiger partial charge in [-0.1, -0.05) is 27.7 Å². The first-order valence-electron chi connectivity index (χ1n) is 5.57. The minimum Gasteiger partial charge on any atom is -0.269 e. The van der Waals surface area contributed by atoms with Crippen LogP contribution in [0.25, 0.3) is 0 Å². The van der Waals surface area contributed by atoms with Crippen LogP contribution in [-0.4, -0.2) is 9.78 Å². The molecule has 1 atom stereocenters. The van der Waals surface area contributed by atoms with Crippen LogP contribution in [0.15, 0.2) is 6.07 Å². The van der Waals surface area contributed by atoms with E-state index in [1.807, 2.05) is 0 Å². The Balaban J connectivity index is 2.40. The van der Waals surface area contributed by atoms with Crippen molar-refractivity contribution in [2.45, 2.75) is 58.4 Å². The van der Waals surface area contributed by atoms with Gasteiger partial charge in [-0.3, -0.25) is 4.68 Å². The van der Waals surface area contributed by atoms with Crippen molar-refractivity contribution in [2.24, 2.45) is 0 Å². The Morgan fingerprint density at radius 3 is 2.71 bits per heavy atom. The summed E-state index contributed by atoms with van der Waals surface area (Å²) in [6.07, 6.45) is 2.59. The molecule has 1 aliphatic rings. The molecule has 78 valence electrons. The molecule has 0 saturated carbocycles. The molecule has 1 aromatic rings. The summed E-state index contributed by atoms with van der Waals surface area (Å²) in [5.41, 5.74) is 2.85. The normalized spacial score (nSPS) is 22.1. The van der Waals surface area contributed by atoms with E-state index in [9.17, 15) is 0 Å². The van der Waals surface area contributed by atoms with Crippen molar-refractivity contribution < 1.29 is 0 Å². The molecule has 0 spiro atoms. The van der Waals surface area contributed by atoms with Crippen LogP contribution in [0, 0.1) is 0 Å². The summed E-state index contributed by atoms with van der Waals surface area (Å²) in [5, 5.41) is 4.69. The predicted molar refractivity (Wildman–Crippen MR) is 58.6 cm³/mol. The molecule has 1 unspecified atom stereocenters. The van der Waals surface area contributed by atoms with Gasteiger partial charge in [-0.25, -0.2) is 0 Å². The molecule has 0 aromatic carbocycles. The van der Waals surface area contributed by atoms with Crippen molar-refractivity contribution in [2.75, 3.05) is 0 Å². The number of aryl methyl sites for hydroxylation is 1. The zero-order valence-corrected chi connectivity index (χ0v) is 9.67. The van der Waals surface area contributed by atoms with Crippen LogP contribution in [0.1, 0.15) is 57.8 Å². The van der Waals surface area contributed by atoms with E-state index in [1.54, 1.807) is 0 Å². The van der Waals surface area contributed by atoms with Crippen LogP contribution in [0.4, 0.5) is 0 Å². The number of aromatic nitrogens is 2. The molecule has 0 bridgehead atoms. The predicted octanol–water partition coefficient (Wildman–Crippen LogP) is 3.08. The summed E-state index contributed by atoms with van der Waals surface area (Å²) in [6.45, 7) is 10.1. The van der Waals surface area contributed by atoms with Crippen molar-refractivity contribution in [3.8, 4) is 0 Å². The van der Waals surface area contributed by atoms with Gasteiger partial charge in [-0.05, 0) is 24.8 Å². The molecule has 1 aliphatic heterocycles. The highest BCUT2D eigenvalue weighted by atomic mass is 15.3. The molecule has 2 heteroatoms. The van der Waals surface area contributed by atoms with Gasteiger partial charge < -0.3 is 0 Å². The highest BCUT2D eigenvalue weighted by Gasteiger charge is 2.23. The largest absolute Gasteiger partial charge is 0.269 e. The first-order valence-corrected chi connectivity index (χ1v) is 5.57. The second-order valence-electron chi connectivity index (χ2n) is 5.47. The maximum Gasteiger partial charge on any atom is 0.0680 e. The van der Waals surface area contributed by atoms with E-state index in [0.29, 0.717) is 5.92 Å². The second-order valence-corrected chi connectivity index (χ2v) is 5.47. The van der Waals surface area contributed by atoms with Crippen LogP contribution in [0.2, 0.25) is 0 Å². The highest BCUT2D eigenvalue weighted by molar-refractivity contribution is 5.21. The molecular weight excluding hydrogens is 172 g/mol. The number of rotatable bonds is 0. The van der Waals surface area contributed by atoms with Gasteiger partial charge in [0.25, 0.3) is 0 Å². The summed E-state index contributed by atoms with van der Waals surface area (Å²) < 4.78 is 2.20. The van der Waals surface area contributed by atoms with Crippen molar-refractivity contribution in [3.05, 3.63) is 17.5 Å². The van der Waals surface area contributed by atoms with E-state index < -0.39 is 0 Å². The van der Waals surface area contributed by atoms with Gasteiger partial charge in [0.05, 0.1) is 5.69 Å². The Bertz CT molecular complexity index is 331. The summed E-state index contributed by atoms with van der Waals surface area (Å²) in [7, 11) is 0. The van der Waals surface area contributed by atoms with E-state index in [4.69, 9.17) is 0 Å². The molecule has 2 nitrogen and oxygen atoms in total. The lowest BCUT2D eigenvalue weighted by Gasteiger charge is -2.19. The van der Waals surface area contributed by atoms with Crippen molar-refractivity contribution in [1.29, 1.82) is 0 Å². The Hall–Kier alpha value is -0.790. The molecule has 14 heavy (non-hydrogen) atoms. The zero-order chi connectivity index (χ0) is 10.3. The smallest absolute Gasteiger partial charge is 0.0680 e. The zero-order valence-electron chi connectivity index (χ0n) is 9.67. The SMILES string of the molecule is CC1CCCn2nc(C(C)(C)C)cc21. The van der Waals surface area contributed by atoms with Gasteiger partial charge in [-0.15, -0.1) is 0 Å². The molecule has 2 heterocycles. The van der Waals surface area contributed by atoms with Crippen LogP contribution in [0.3, 0.4) is 0 Å². The average Bonchev–Trinajstić information content (AvgIpc) is 2.48. The first-order chi connectivity index (χ1) is 6.48. The highest BCUT2D eigenvalue weighted by Crippen LogP contribution is 2.30. The van der Waals surface area contributed by atoms with Gasteiger partial charge >= 0.3 is 0 Å². The monoisotopic (exact) mass is 192 g/mol. The standard InChI is InChI=1S/C12H20N2/c1-9-6-5-7-14-10(9)8-11(13-14)12(2,3)4/h8-9H,5-7H2,1-4H3. The third-order valence-corrected chi connectivity index (χ3v) is 3.09. The van der Waals surface area contributed by atoms with E-state index in [-0.39, 0.29) is 5.41 Å². The summed E-state index contributed by atoms with van der Waals surface area (Å²) in [6, 6.07) is 2.30. The molecule has 0 fully saturated rings. The fourth-order valence-electron chi connectivity index (χ4n) is 2.07. The van der Waals surface area contributed by atoms with Gasteiger partial charge in [0.2, 0.25) is 0 Å². The van der Waals surface area contributed by atoms with Gasteiger partial charge in [-0.2, -0.15) is 5.10 Å². The minimum absolute atomic E-state index is 0.185. The molecule has 0 N–H and O–H groups in total. The van der Waals surface area contributed by atoms with E-state index >= 15 is 0 Å². The lowest BCUT2D eigenvalue weighted by atomic mass is 9.90. The Labute approximate surface area is 86.3 Å². The molecule has 1 aromatic heterocycles. The number of hydrogen-bond donors (Lipinski definition) is 0. The third-order valence-electron chi connectivity index (χ3n) is 3.09. The van der Waals surface area contributed by atoms with E-state index in [1.165, 1.54) is 24.2 Å². The van der Waals surface area contributed by atoms with Crippen molar-refractivity contribution >= 4 is 0 Å².